The van der Waals surface area contributed by atoms with Gasteiger partial charge in [0, 0.05) is 0 Å². The molecule has 128 valence electrons. The second-order valence-electron chi connectivity index (χ2n) is 4.72. The van der Waals surface area contributed by atoms with E-state index in [1.807, 2.05) is 0 Å². The Morgan fingerprint density at radius 1 is 1.08 bits per heavy atom. The minimum absolute atomic E-state index is 0.155. The number of esters is 2. The Hall–Kier alpha value is -2.18. The van der Waals surface area contributed by atoms with Crippen molar-refractivity contribution >= 4 is 35.1 Å². The van der Waals surface area contributed by atoms with Crippen LogP contribution in [0.3, 0.4) is 0 Å². The van der Waals surface area contributed by atoms with E-state index in [4.69, 9.17) is 37.1 Å². The number of rotatable bonds is 5. The lowest BCUT2D eigenvalue weighted by Crippen LogP contribution is -2.05. The van der Waals surface area contributed by atoms with Gasteiger partial charge in [0.05, 0.1) is 29.8 Å². The lowest BCUT2D eigenvalue weighted by Gasteiger charge is -2.08. The van der Waals surface area contributed by atoms with Crippen molar-refractivity contribution in [3.8, 4) is 5.75 Å². The van der Waals surface area contributed by atoms with Gasteiger partial charge >= 0.3 is 11.9 Å². The third-order valence-corrected chi connectivity index (χ3v) is 3.72. The first-order chi connectivity index (χ1) is 11.4. The lowest BCUT2D eigenvalue weighted by atomic mass is 10.2. The van der Waals surface area contributed by atoms with Crippen LogP contribution in [0.15, 0.2) is 22.6 Å². The Morgan fingerprint density at radius 2 is 1.71 bits per heavy atom. The van der Waals surface area contributed by atoms with Gasteiger partial charge in [-0.25, -0.2) is 9.59 Å². The average Bonchev–Trinajstić information content (AvgIpc) is 2.92. The van der Waals surface area contributed by atoms with Gasteiger partial charge in [-0.05, 0) is 25.1 Å². The van der Waals surface area contributed by atoms with Crippen molar-refractivity contribution in [2.24, 2.45) is 0 Å². The Morgan fingerprint density at radius 3 is 2.25 bits per heavy atom. The molecule has 1 aromatic carbocycles. The van der Waals surface area contributed by atoms with Crippen LogP contribution in [0.1, 0.15) is 32.2 Å². The highest BCUT2D eigenvalue weighted by Gasteiger charge is 2.18. The van der Waals surface area contributed by atoms with E-state index < -0.39 is 11.9 Å². The second kappa shape index (κ2) is 7.59. The van der Waals surface area contributed by atoms with Crippen LogP contribution >= 0.6 is 23.2 Å². The minimum atomic E-state index is -0.643. The van der Waals surface area contributed by atoms with Gasteiger partial charge in [0.25, 0.3) is 0 Å². The van der Waals surface area contributed by atoms with Gasteiger partial charge < -0.3 is 18.6 Å². The number of ether oxygens (including phenoxy) is 3. The summed E-state index contributed by atoms with van der Waals surface area (Å²) in [5, 5.41) is 0.387. The molecule has 0 saturated carbocycles. The minimum Gasteiger partial charge on any atom is -0.494 e. The van der Waals surface area contributed by atoms with E-state index in [1.165, 1.54) is 32.4 Å². The first kappa shape index (κ1) is 18.2. The third-order valence-electron chi connectivity index (χ3n) is 3.16. The quantitative estimate of drug-likeness (QED) is 0.737. The van der Waals surface area contributed by atoms with Crippen LogP contribution in [-0.2, 0) is 16.1 Å². The molecule has 2 aromatic rings. The Kier molecular flexibility index (Phi) is 5.75. The number of hydrogen-bond acceptors (Lipinski definition) is 6. The van der Waals surface area contributed by atoms with Crippen molar-refractivity contribution in [3.05, 3.63) is 50.9 Å². The average molecular weight is 373 g/mol. The molecule has 1 heterocycles. The predicted molar refractivity (Wildman–Crippen MR) is 86.9 cm³/mol. The summed E-state index contributed by atoms with van der Waals surface area (Å²) in [6.07, 6.45) is 0. The molecular weight excluding hydrogens is 359 g/mol. The molecule has 0 spiro atoms. The van der Waals surface area contributed by atoms with Gasteiger partial charge in [-0.2, -0.15) is 0 Å². The number of carbonyl (C=O) groups excluding carboxylic acids is 2. The highest BCUT2D eigenvalue weighted by atomic mass is 35.5. The summed E-state index contributed by atoms with van der Waals surface area (Å²) in [4.78, 5) is 23.6. The molecule has 8 heteroatoms. The van der Waals surface area contributed by atoms with Gasteiger partial charge in [0.15, 0.2) is 5.75 Å². The summed E-state index contributed by atoms with van der Waals surface area (Å²) >= 11 is 12.0. The molecule has 1 aromatic heterocycles. The van der Waals surface area contributed by atoms with Crippen LogP contribution in [0, 0.1) is 6.92 Å². The summed E-state index contributed by atoms with van der Waals surface area (Å²) in [5.41, 5.74) is 0.446. The fraction of sp³-hybridized carbons (Fsp3) is 0.250. The third kappa shape index (κ3) is 3.83. The zero-order valence-electron chi connectivity index (χ0n) is 13.1. The van der Waals surface area contributed by atoms with Crippen molar-refractivity contribution in [2.45, 2.75) is 13.5 Å². The molecule has 0 radical (unpaired) electrons. The Balaban J connectivity index is 2.10. The van der Waals surface area contributed by atoms with Crippen LogP contribution in [0.25, 0.3) is 0 Å². The molecule has 0 amide bonds. The molecule has 0 saturated heterocycles. The van der Waals surface area contributed by atoms with Crippen molar-refractivity contribution in [3.63, 3.8) is 0 Å². The van der Waals surface area contributed by atoms with Gasteiger partial charge in [0.2, 0.25) is 0 Å². The lowest BCUT2D eigenvalue weighted by molar-refractivity contribution is 0.0444. The number of aryl methyl sites for hydroxylation is 1. The molecule has 0 unspecified atom stereocenters. The van der Waals surface area contributed by atoms with Crippen LogP contribution in [-0.4, -0.2) is 26.2 Å². The molecule has 0 aliphatic heterocycles. The van der Waals surface area contributed by atoms with Crippen molar-refractivity contribution in [2.75, 3.05) is 14.2 Å². The summed E-state index contributed by atoms with van der Waals surface area (Å²) in [5.74, 6) is -0.202. The van der Waals surface area contributed by atoms with E-state index >= 15 is 0 Å². The number of methoxy groups -OCH3 is 2. The predicted octanol–water partition coefficient (Wildman–Crippen LogP) is 4.05. The van der Waals surface area contributed by atoms with E-state index in [-0.39, 0.29) is 33.5 Å². The van der Waals surface area contributed by atoms with Crippen LogP contribution in [0.4, 0.5) is 0 Å². The zero-order valence-corrected chi connectivity index (χ0v) is 14.7. The molecule has 0 aliphatic carbocycles. The highest BCUT2D eigenvalue weighted by molar-refractivity contribution is 6.37. The summed E-state index contributed by atoms with van der Waals surface area (Å²) in [6, 6.07) is 4.24. The number of hydrogen-bond donors (Lipinski definition) is 0. The van der Waals surface area contributed by atoms with Crippen molar-refractivity contribution < 1.29 is 28.2 Å². The first-order valence-corrected chi connectivity index (χ1v) is 7.50. The van der Waals surface area contributed by atoms with Crippen LogP contribution in [0.5, 0.6) is 5.75 Å². The number of benzene rings is 1. The molecule has 24 heavy (non-hydrogen) atoms. The molecule has 0 atom stereocenters. The van der Waals surface area contributed by atoms with Gasteiger partial charge in [-0.15, -0.1) is 0 Å². The smallest absolute Gasteiger partial charge is 0.341 e. The molecule has 6 nitrogen and oxygen atoms in total. The van der Waals surface area contributed by atoms with Gasteiger partial charge in [-0.1, -0.05) is 23.2 Å². The maximum Gasteiger partial charge on any atom is 0.341 e. The van der Waals surface area contributed by atoms with E-state index in [1.54, 1.807) is 6.92 Å². The fourth-order valence-corrected chi connectivity index (χ4v) is 2.66. The zero-order chi connectivity index (χ0) is 17.9. The summed E-state index contributed by atoms with van der Waals surface area (Å²) < 4.78 is 20.1. The summed E-state index contributed by atoms with van der Waals surface area (Å²) in [7, 11) is 2.69. The molecule has 0 bridgehead atoms. The van der Waals surface area contributed by atoms with Crippen LogP contribution < -0.4 is 4.74 Å². The fourth-order valence-electron chi connectivity index (χ4n) is 2.02. The van der Waals surface area contributed by atoms with E-state index in [0.29, 0.717) is 11.5 Å². The van der Waals surface area contributed by atoms with Crippen LogP contribution in [0.2, 0.25) is 10.0 Å². The highest BCUT2D eigenvalue weighted by Crippen LogP contribution is 2.34. The number of furan rings is 1. The maximum absolute atomic E-state index is 12.1. The normalized spacial score (nSPS) is 10.4. The number of carbonyl (C=O) groups is 2. The van der Waals surface area contributed by atoms with E-state index in [0.717, 1.165) is 0 Å². The molecule has 0 N–H and O–H groups in total. The largest absolute Gasteiger partial charge is 0.494 e. The molecule has 0 fully saturated rings. The SMILES string of the molecule is COC(=O)c1cc(COC(=O)c2cc(Cl)c(OC)c(Cl)c2)oc1C. The summed E-state index contributed by atoms with van der Waals surface area (Å²) in [6.45, 7) is 1.46. The molecular formula is C16H14Cl2O6. The topological polar surface area (TPSA) is 75.0 Å². The van der Waals surface area contributed by atoms with E-state index in [9.17, 15) is 9.59 Å². The Labute approximate surface area is 148 Å². The van der Waals surface area contributed by atoms with E-state index in [2.05, 4.69) is 4.74 Å². The maximum atomic E-state index is 12.1. The molecule has 2 rings (SSSR count). The first-order valence-electron chi connectivity index (χ1n) is 6.75. The Bertz CT molecular complexity index is 758. The molecule has 0 aliphatic rings. The standard InChI is InChI=1S/C16H14Cl2O6/c1-8-11(16(20)22-3)6-10(24-8)7-23-15(19)9-4-12(17)14(21-2)13(18)5-9/h4-6H,7H2,1-3H3. The van der Waals surface area contributed by atoms with Crippen molar-refractivity contribution in [1.82, 2.24) is 0 Å². The van der Waals surface area contributed by atoms with Gasteiger partial charge in [0.1, 0.15) is 23.7 Å². The monoisotopic (exact) mass is 372 g/mol. The van der Waals surface area contributed by atoms with Crippen molar-refractivity contribution in [1.29, 1.82) is 0 Å². The number of halogens is 2. The van der Waals surface area contributed by atoms with Gasteiger partial charge in [-0.3, -0.25) is 0 Å². The second-order valence-corrected chi connectivity index (χ2v) is 5.54.